The molecule has 0 aromatic carbocycles. The van der Waals surface area contributed by atoms with E-state index in [1.54, 1.807) is 4.90 Å². The number of methoxy groups -OCH3 is 1. The lowest BCUT2D eigenvalue weighted by atomic mass is 9.75. The van der Waals surface area contributed by atoms with E-state index >= 15 is 0 Å². The van der Waals surface area contributed by atoms with Gasteiger partial charge in [0.25, 0.3) is 0 Å². The lowest BCUT2D eigenvalue weighted by Gasteiger charge is -2.44. The van der Waals surface area contributed by atoms with Crippen LogP contribution in [0.25, 0.3) is 0 Å². The van der Waals surface area contributed by atoms with Crippen molar-refractivity contribution >= 4 is 11.9 Å². The van der Waals surface area contributed by atoms with E-state index in [0.29, 0.717) is 18.9 Å². The number of nitrogens with zero attached hydrogens (tertiary/aromatic N) is 1. The third-order valence-corrected chi connectivity index (χ3v) is 3.51. The lowest BCUT2D eigenvalue weighted by molar-refractivity contribution is -0.126. The Morgan fingerprint density at radius 1 is 1.44 bits per heavy atom. The maximum atomic E-state index is 11.8. The highest BCUT2D eigenvalue weighted by molar-refractivity contribution is 5.83. The summed E-state index contributed by atoms with van der Waals surface area (Å²) in [4.78, 5) is 25.0. The normalized spacial score (nSPS) is 31.6. The first-order valence-corrected chi connectivity index (χ1v) is 5.73. The standard InChI is InChI=1S/C12H17NO3/c1-3-11(14)9-6-8-4-5-10(9)13(7-8)12(15)16-2/h4-5,8-10H,3,6-7H2,1-2H3. The summed E-state index contributed by atoms with van der Waals surface area (Å²) in [5.41, 5.74) is 0. The van der Waals surface area contributed by atoms with Crippen LogP contribution in [-0.2, 0) is 9.53 Å². The number of Topliss-reactive ketones (excluding diaryl/α,β-unsaturated/α-hetero) is 1. The smallest absolute Gasteiger partial charge is 0.410 e. The van der Waals surface area contributed by atoms with E-state index in [4.69, 9.17) is 4.74 Å². The molecule has 1 amide bonds. The Morgan fingerprint density at radius 3 is 2.75 bits per heavy atom. The van der Waals surface area contributed by atoms with Gasteiger partial charge >= 0.3 is 6.09 Å². The van der Waals surface area contributed by atoms with Gasteiger partial charge in [-0.2, -0.15) is 0 Å². The number of amides is 1. The van der Waals surface area contributed by atoms with Gasteiger partial charge in [0.1, 0.15) is 5.78 Å². The van der Waals surface area contributed by atoms with Crippen LogP contribution in [0, 0.1) is 11.8 Å². The molecule has 4 heteroatoms. The fraction of sp³-hybridized carbons (Fsp3) is 0.667. The highest BCUT2D eigenvalue weighted by Crippen LogP contribution is 2.35. The largest absolute Gasteiger partial charge is 0.453 e. The van der Waals surface area contributed by atoms with Crippen molar-refractivity contribution in [3.63, 3.8) is 0 Å². The van der Waals surface area contributed by atoms with Crippen molar-refractivity contribution < 1.29 is 14.3 Å². The van der Waals surface area contributed by atoms with Gasteiger partial charge in [0.2, 0.25) is 0 Å². The second-order valence-corrected chi connectivity index (χ2v) is 4.42. The molecule has 0 radical (unpaired) electrons. The van der Waals surface area contributed by atoms with E-state index in [9.17, 15) is 9.59 Å². The summed E-state index contributed by atoms with van der Waals surface area (Å²) in [6.45, 7) is 2.55. The van der Waals surface area contributed by atoms with Gasteiger partial charge in [-0.3, -0.25) is 4.79 Å². The maximum Gasteiger partial charge on any atom is 0.410 e. The summed E-state index contributed by atoms with van der Waals surface area (Å²) in [5, 5.41) is 0. The van der Waals surface area contributed by atoms with E-state index < -0.39 is 0 Å². The molecule has 1 saturated heterocycles. The van der Waals surface area contributed by atoms with Crippen LogP contribution in [0.5, 0.6) is 0 Å². The van der Waals surface area contributed by atoms with Crippen LogP contribution in [0.1, 0.15) is 19.8 Å². The Labute approximate surface area is 95.2 Å². The Bertz CT molecular complexity index is 311. The fourth-order valence-corrected chi connectivity index (χ4v) is 2.68. The first kappa shape index (κ1) is 11.2. The average Bonchev–Trinajstić information content (AvgIpc) is 2.37. The quantitative estimate of drug-likeness (QED) is 0.668. The predicted octanol–water partition coefficient (Wildman–Crippen LogP) is 1.61. The molecule has 88 valence electrons. The minimum atomic E-state index is -0.326. The second-order valence-electron chi connectivity index (χ2n) is 4.42. The molecule has 4 nitrogen and oxygen atoms in total. The van der Waals surface area contributed by atoms with Crippen LogP contribution in [0.15, 0.2) is 12.2 Å². The molecule has 0 saturated carbocycles. The molecule has 0 N–H and O–H groups in total. The number of carbonyl (C=O) groups excluding carboxylic acids is 2. The van der Waals surface area contributed by atoms with Gasteiger partial charge in [-0.15, -0.1) is 0 Å². The summed E-state index contributed by atoms with van der Waals surface area (Å²) in [6, 6.07) is -0.0927. The second kappa shape index (κ2) is 4.28. The van der Waals surface area contributed by atoms with Crippen molar-refractivity contribution in [1.29, 1.82) is 0 Å². The van der Waals surface area contributed by atoms with Crippen molar-refractivity contribution in [3.05, 3.63) is 12.2 Å². The summed E-state index contributed by atoms with van der Waals surface area (Å²) in [6.07, 6.45) is 5.18. The van der Waals surface area contributed by atoms with Crippen molar-refractivity contribution in [2.24, 2.45) is 11.8 Å². The number of carbonyl (C=O) groups is 2. The molecule has 3 aliphatic rings. The topological polar surface area (TPSA) is 46.6 Å². The van der Waals surface area contributed by atoms with Gasteiger partial charge in [0, 0.05) is 18.9 Å². The summed E-state index contributed by atoms with van der Waals surface area (Å²) < 4.78 is 4.75. The third kappa shape index (κ3) is 1.72. The molecular formula is C12H17NO3. The Morgan fingerprint density at radius 2 is 2.19 bits per heavy atom. The first-order valence-electron chi connectivity index (χ1n) is 5.73. The Balaban J connectivity index is 2.19. The summed E-state index contributed by atoms with van der Waals surface area (Å²) in [7, 11) is 1.38. The van der Waals surface area contributed by atoms with E-state index in [2.05, 4.69) is 6.08 Å². The van der Waals surface area contributed by atoms with Crippen molar-refractivity contribution in [1.82, 2.24) is 4.90 Å². The van der Waals surface area contributed by atoms with Gasteiger partial charge < -0.3 is 9.64 Å². The van der Waals surface area contributed by atoms with Crippen LogP contribution in [0.3, 0.4) is 0 Å². The van der Waals surface area contributed by atoms with Crippen LogP contribution < -0.4 is 0 Å². The zero-order valence-electron chi connectivity index (χ0n) is 9.68. The van der Waals surface area contributed by atoms with Crippen molar-refractivity contribution in [2.45, 2.75) is 25.8 Å². The summed E-state index contributed by atoms with van der Waals surface area (Å²) in [5.74, 6) is 0.519. The molecule has 3 rings (SSSR count). The van der Waals surface area contributed by atoms with Gasteiger partial charge in [0.05, 0.1) is 13.2 Å². The molecule has 2 bridgehead atoms. The van der Waals surface area contributed by atoms with Gasteiger partial charge in [-0.1, -0.05) is 19.1 Å². The number of hydrogen-bond acceptors (Lipinski definition) is 3. The number of fused-ring (bicyclic) bond motifs is 2. The van der Waals surface area contributed by atoms with E-state index in [-0.39, 0.29) is 23.8 Å². The predicted molar refractivity (Wildman–Crippen MR) is 58.9 cm³/mol. The molecule has 0 aromatic heterocycles. The van der Waals surface area contributed by atoms with Crippen LogP contribution in [0.4, 0.5) is 4.79 Å². The molecule has 0 spiro atoms. The highest BCUT2D eigenvalue weighted by atomic mass is 16.5. The first-order chi connectivity index (χ1) is 7.67. The number of hydrogen-bond donors (Lipinski definition) is 0. The Hall–Kier alpha value is -1.32. The monoisotopic (exact) mass is 223 g/mol. The van der Waals surface area contributed by atoms with Gasteiger partial charge in [0.15, 0.2) is 0 Å². The molecule has 1 aliphatic carbocycles. The molecule has 1 fully saturated rings. The number of rotatable bonds is 2. The number of ether oxygens (including phenoxy) is 1. The van der Waals surface area contributed by atoms with Crippen LogP contribution >= 0.6 is 0 Å². The molecule has 16 heavy (non-hydrogen) atoms. The molecule has 2 aliphatic heterocycles. The lowest BCUT2D eigenvalue weighted by Crippen LogP contribution is -2.54. The van der Waals surface area contributed by atoms with Crippen molar-refractivity contribution in [2.75, 3.05) is 13.7 Å². The summed E-state index contributed by atoms with van der Waals surface area (Å²) >= 11 is 0. The molecule has 2 heterocycles. The highest BCUT2D eigenvalue weighted by Gasteiger charge is 2.42. The molecule has 3 unspecified atom stereocenters. The number of piperidine rings is 1. The molecular weight excluding hydrogens is 206 g/mol. The maximum absolute atomic E-state index is 11.8. The van der Waals surface area contributed by atoms with E-state index in [0.717, 1.165) is 6.42 Å². The zero-order valence-corrected chi connectivity index (χ0v) is 9.68. The third-order valence-electron chi connectivity index (χ3n) is 3.51. The molecule has 3 atom stereocenters. The average molecular weight is 223 g/mol. The van der Waals surface area contributed by atoms with Crippen molar-refractivity contribution in [3.8, 4) is 0 Å². The SMILES string of the molecule is CCC(=O)C1CC2C=CC1N(C(=O)OC)C2. The zero-order chi connectivity index (χ0) is 11.7. The van der Waals surface area contributed by atoms with E-state index in [1.165, 1.54) is 7.11 Å². The Kier molecular flexibility index (Phi) is 2.99. The van der Waals surface area contributed by atoms with Gasteiger partial charge in [-0.05, 0) is 12.3 Å². The minimum Gasteiger partial charge on any atom is -0.453 e. The fourth-order valence-electron chi connectivity index (χ4n) is 2.68. The van der Waals surface area contributed by atoms with Crippen LogP contribution in [0.2, 0.25) is 0 Å². The van der Waals surface area contributed by atoms with E-state index in [1.807, 2.05) is 13.0 Å². The van der Waals surface area contributed by atoms with Crippen LogP contribution in [-0.4, -0.2) is 36.5 Å². The number of ketones is 1. The minimum absolute atomic E-state index is 0.0344. The van der Waals surface area contributed by atoms with Gasteiger partial charge in [-0.25, -0.2) is 4.79 Å². The molecule has 0 aromatic rings.